The van der Waals surface area contributed by atoms with Gasteiger partial charge in [0.25, 0.3) is 0 Å². The molecule has 0 aliphatic carbocycles. The van der Waals surface area contributed by atoms with Gasteiger partial charge in [-0.1, -0.05) is 23.7 Å². The molecular weight excluding hydrogens is 292 g/mol. The molecule has 2 N–H and O–H groups in total. The van der Waals surface area contributed by atoms with Crippen molar-refractivity contribution in [1.29, 1.82) is 0 Å². The molecule has 20 heavy (non-hydrogen) atoms. The molecule has 1 atom stereocenters. The summed E-state index contributed by atoms with van der Waals surface area (Å²) in [5.41, 5.74) is 6.66. The van der Waals surface area contributed by atoms with Crippen LogP contribution in [0, 0.1) is 0 Å². The first kappa shape index (κ1) is 15.7. The summed E-state index contributed by atoms with van der Waals surface area (Å²) in [7, 11) is 0. The number of nitrogens with two attached hydrogens (primary N) is 1. The van der Waals surface area contributed by atoms with Crippen LogP contribution in [0.3, 0.4) is 0 Å². The highest BCUT2D eigenvalue weighted by Crippen LogP contribution is 2.30. The van der Waals surface area contributed by atoms with Gasteiger partial charge in [-0.15, -0.1) is 0 Å². The van der Waals surface area contributed by atoms with Gasteiger partial charge in [-0.25, -0.2) is 0 Å². The number of unbranched alkanes of at least 4 members (excludes halogenated alkanes) is 1. The molecule has 1 aromatic carbocycles. The molecule has 0 bridgehead atoms. The lowest BCUT2D eigenvalue weighted by Gasteiger charge is -2.36. The largest absolute Gasteiger partial charge is 0.334 e. The number of hydrogen-bond acceptors (Lipinski definition) is 3. The second-order valence-electron chi connectivity index (χ2n) is 4.98. The van der Waals surface area contributed by atoms with Crippen molar-refractivity contribution >= 4 is 29.3 Å². The summed E-state index contributed by atoms with van der Waals surface area (Å²) in [6.07, 6.45) is 2.40. The van der Waals surface area contributed by atoms with E-state index in [4.69, 9.17) is 17.3 Å². The van der Waals surface area contributed by atoms with Gasteiger partial charge < -0.3 is 10.6 Å². The van der Waals surface area contributed by atoms with Crippen LogP contribution in [0.25, 0.3) is 0 Å². The van der Waals surface area contributed by atoms with Crippen molar-refractivity contribution in [2.45, 2.75) is 25.3 Å². The fraction of sp³-hybridized carbons (Fsp3) is 0.533. The van der Waals surface area contributed by atoms with Crippen molar-refractivity contribution in [3.8, 4) is 0 Å². The molecule has 1 heterocycles. The third kappa shape index (κ3) is 4.14. The number of nitrogens with zero attached hydrogens (tertiary/aromatic N) is 1. The lowest BCUT2D eigenvalue weighted by molar-refractivity contribution is -0.133. The highest BCUT2D eigenvalue weighted by atomic mass is 35.5. The Bertz CT molecular complexity index is 438. The van der Waals surface area contributed by atoms with E-state index in [1.165, 1.54) is 5.56 Å². The Morgan fingerprint density at radius 1 is 1.35 bits per heavy atom. The second kappa shape index (κ2) is 7.91. The van der Waals surface area contributed by atoms with Crippen LogP contribution >= 0.6 is 23.4 Å². The summed E-state index contributed by atoms with van der Waals surface area (Å²) in [4.78, 5) is 14.4. The Morgan fingerprint density at radius 3 is 2.80 bits per heavy atom. The van der Waals surface area contributed by atoms with Crippen molar-refractivity contribution in [3.05, 3.63) is 34.9 Å². The molecule has 1 aliphatic rings. The van der Waals surface area contributed by atoms with Crippen LogP contribution in [0.5, 0.6) is 0 Å². The first-order valence-electron chi connectivity index (χ1n) is 7.05. The van der Waals surface area contributed by atoms with Crippen LogP contribution < -0.4 is 5.73 Å². The number of amides is 1. The van der Waals surface area contributed by atoms with Gasteiger partial charge in [-0.3, -0.25) is 4.79 Å². The highest BCUT2D eigenvalue weighted by molar-refractivity contribution is 7.99. The van der Waals surface area contributed by atoms with Crippen LogP contribution in [0.4, 0.5) is 0 Å². The van der Waals surface area contributed by atoms with Crippen molar-refractivity contribution in [2.75, 3.05) is 24.6 Å². The van der Waals surface area contributed by atoms with Crippen LogP contribution in [0.15, 0.2) is 24.3 Å². The third-order valence-corrected chi connectivity index (χ3v) is 4.82. The minimum Gasteiger partial charge on any atom is -0.334 e. The van der Waals surface area contributed by atoms with Gasteiger partial charge in [0.05, 0.1) is 6.04 Å². The Labute approximate surface area is 129 Å². The molecule has 1 amide bonds. The summed E-state index contributed by atoms with van der Waals surface area (Å²) in [5, 5.41) is 0.734. The lowest BCUT2D eigenvalue weighted by Crippen LogP contribution is -2.40. The predicted molar refractivity (Wildman–Crippen MR) is 86.1 cm³/mol. The number of halogens is 1. The zero-order chi connectivity index (χ0) is 14.4. The number of carbonyl (C=O) groups excluding carboxylic acids is 1. The molecule has 1 fully saturated rings. The number of hydrogen-bond donors (Lipinski definition) is 1. The van der Waals surface area contributed by atoms with Gasteiger partial charge >= 0.3 is 0 Å². The molecular formula is C15H21ClN2OS. The maximum atomic E-state index is 12.4. The maximum Gasteiger partial charge on any atom is 0.223 e. The maximum absolute atomic E-state index is 12.4. The average Bonchev–Trinajstić information content (AvgIpc) is 2.48. The van der Waals surface area contributed by atoms with Gasteiger partial charge in [-0.05, 0) is 37.1 Å². The standard InChI is InChI=1S/C15H21ClN2OS/c16-13-6-4-12(5-7-13)14-11-20-10-9-18(14)15(19)3-1-2-8-17/h4-7,14H,1-3,8-11,17H2. The number of benzene rings is 1. The van der Waals surface area contributed by atoms with Crippen LogP contribution in [-0.2, 0) is 4.79 Å². The minimum absolute atomic E-state index is 0.177. The molecule has 1 saturated heterocycles. The predicted octanol–water partition coefficient (Wildman–Crippen LogP) is 3.09. The van der Waals surface area contributed by atoms with Crippen molar-refractivity contribution in [3.63, 3.8) is 0 Å². The second-order valence-corrected chi connectivity index (χ2v) is 6.56. The number of rotatable bonds is 5. The molecule has 0 spiro atoms. The van der Waals surface area contributed by atoms with E-state index < -0.39 is 0 Å². The zero-order valence-corrected chi connectivity index (χ0v) is 13.1. The molecule has 110 valence electrons. The van der Waals surface area contributed by atoms with E-state index in [0.29, 0.717) is 13.0 Å². The molecule has 0 aromatic heterocycles. The van der Waals surface area contributed by atoms with Crippen LogP contribution in [0.1, 0.15) is 30.9 Å². The Kier molecular flexibility index (Phi) is 6.20. The quantitative estimate of drug-likeness (QED) is 0.850. The normalized spacial score (nSPS) is 19.1. The van der Waals surface area contributed by atoms with Crippen molar-refractivity contribution in [2.24, 2.45) is 5.73 Å². The van der Waals surface area contributed by atoms with E-state index in [9.17, 15) is 4.79 Å². The number of carbonyl (C=O) groups is 1. The average molecular weight is 313 g/mol. The molecule has 3 nitrogen and oxygen atoms in total. The highest BCUT2D eigenvalue weighted by Gasteiger charge is 2.27. The molecule has 1 aliphatic heterocycles. The summed E-state index contributed by atoms with van der Waals surface area (Å²) >= 11 is 7.84. The SMILES string of the molecule is NCCCCC(=O)N1CCSCC1c1ccc(Cl)cc1. The fourth-order valence-electron chi connectivity index (χ4n) is 2.43. The summed E-state index contributed by atoms with van der Waals surface area (Å²) < 4.78 is 0. The van der Waals surface area contributed by atoms with Crippen LogP contribution in [0.2, 0.25) is 5.02 Å². The number of thioether (sulfide) groups is 1. The van der Waals surface area contributed by atoms with Gasteiger partial charge in [0.2, 0.25) is 5.91 Å². The minimum atomic E-state index is 0.177. The monoisotopic (exact) mass is 312 g/mol. The summed E-state index contributed by atoms with van der Waals surface area (Å²) in [5.74, 6) is 2.23. The van der Waals surface area contributed by atoms with Gasteiger partial charge in [0.1, 0.15) is 0 Å². The van der Waals surface area contributed by atoms with E-state index in [1.54, 1.807) is 0 Å². The Balaban J connectivity index is 2.04. The molecule has 5 heteroatoms. The Hall–Kier alpha value is -0.710. The molecule has 1 unspecified atom stereocenters. The Morgan fingerprint density at radius 2 is 2.10 bits per heavy atom. The van der Waals surface area contributed by atoms with Crippen LogP contribution in [-0.4, -0.2) is 35.4 Å². The lowest BCUT2D eigenvalue weighted by atomic mass is 10.1. The van der Waals surface area contributed by atoms with E-state index in [2.05, 4.69) is 0 Å². The van der Waals surface area contributed by atoms with Gasteiger partial charge in [0, 0.05) is 29.5 Å². The smallest absolute Gasteiger partial charge is 0.223 e. The summed E-state index contributed by atoms with van der Waals surface area (Å²) in [6, 6.07) is 8.02. The van der Waals surface area contributed by atoms with Gasteiger partial charge in [0.15, 0.2) is 0 Å². The molecule has 0 saturated carbocycles. The first-order valence-corrected chi connectivity index (χ1v) is 8.58. The summed E-state index contributed by atoms with van der Waals surface area (Å²) in [6.45, 7) is 1.49. The van der Waals surface area contributed by atoms with E-state index in [-0.39, 0.29) is 11.9 Å². The van der Waals surface area contributed by atoms with Gasteiger partial charge in [-0.2, -0.15) is 11.8 Å². The van der Waals surface area contributed by atoms with E-state index >= 15 is 0 Å². The first-order chi connectivity index (χ1) is 9.72. The molecule has 1 aromatic rings. The zero-order valence-electron chi connectivity index (χ0n) is 11.6. The van der Waals surface area contributed by atoms with E-state index in [0.717, 1.165) is 35.9 Å². The third-order valence-electron chi connectivity index (χ3n) is 3.55. The molecule has 0 radical (unpaired) electrons. The van der Waals surface area contributed by atoms with E-state index in [1.807, 2.05) is 40.9 Å². The molecule has 2 rings (SSSR count). The van der Waals surface area contributed by atoms with Crippen molar-refractivity contribution in [1.82, 2.24) is 4.90 Å². The topological polar surface area (TPSA) is 46.3 Å². The van der Waals surface area contributed by atoms with Crippen molar-refractivity contribution < 1.29 is 4.79 Å². The fourth-order valence-corrected chi connectivity index (χ4v) is 3.64.